The molecule has 4 fully saturated rings. The third kappa shape index (κ3) is 2.70. The number of primary amides is 1. The molecular formula is C19H25N3O2. The lowest BCUT2D eigenvalue weighted by molar-refractivity contribution is -0.0629. The summed E-state index contributed by atoms with van der Waals surface area (Å²) in [5, 5.41) is 0. The van der Waals surface area contributed by atoms with Crippen LogP contribution < -0.4 is 5.73 Å². The molecule has 1 aromatic heterocycles. The van der Waals surface area contributed by atoms with Gasteiger partial charge in [0.1, 0.15) is 5.69 Å². The second kappa shape index (κ2) is 5.57. The average molecular weight is 327 g/mol. The molecule has 0 aliphatic heterocycles. The number of amides is 2. The third-order valence-electron chi connectivity index (χ3n) is 6.35. The van der Waals surface area contributed by atoms with Crippen molar-refractivity contribution in [3.63, 3.8) is 0 Å². The van der Waals surface area contributed by atoms with E-state index in [1.165, 1.54) is 44.7 Å². The lowest BCUT2D eigenvalue weighted by Gasteiger charge is -2.57. The van der Waals surface area contributed by atoms with Gasteiger partial charge in [-0.25, -0.2) is 0 Å². The molecule has 2 amide bonds. The third-order valence-corrected chi connectivity index (χ3v) is 6.35. The highest BCUT2D eigenvalue weighted by Crippen LogP contribution is 2.60. The summed E-state index contributed by atoms with van der Waals surface area (Å²) >= 11 is 0. The minimum atomic E-state index is -0.525. The summed E-state index contributed by atoms with van der Waals surface area (Å²) in [4.78, 5) is 29.8. The van der Waals surface area contributed by atoms with Crippen LogP contribution in [0, 0.1) is 23.2 Å². The van der Waals surface area contributed by atoms with Gasteiger partial charge in [0.2, 0.25) is 5.91 Å². The summed E-state index contributed by atoms with van der Waals surface area (Å²) in [6.45, 7) is 0.828. The maximum absolute atomic E-state index is 12.7. The van der Waals surface area contributed by atoms with Gasteiger partial charge in [0.15, 0.2) is 0 Å². The van der Waals surface area contributed by atoms with Crippen LogP contribution in [0.3, 0.4) is 0 Å². The van der Waals surface area contributed by atoms with E-state index >= 15 is 0 Å². The standard InChI is InChI=1S/C19H25N3O2/c1-22(18(24)16-3-2-15(10-21-16)17(20)23)11-19-7-12-4-13(8-19)6-14(5-12)9-19/h2-3,10,12-14H,4-9,11H2,1H3,(H2,20,23). The van der Waals surface area contributed by atoms with Gasteiger partial charge in [0, 0.05) is 19.8 Å². The SMILES string of the molecule is CN(CC12CC3CC(CC(C3)C1)C2)C(=O)c1ccc(C(N)=O)cn1. The van der Waals surface area contributed by atoms with Gasteiger partial charge >= 0.3 is 0 Å². The van der Waals surface area contributed by atoms with E-state index in [-0.39, 0.29) is 5.91 Å². The van der Waals surface area contributed by atoms with Crippen LogP contribution in [0.15, 0.2) is 18.3 Å². The smallest absolute Gasteiger partial charge is 0.272 e. The Kier molecular flexibility index (Phi) is 3.62. The molecule has 0 saturated heterocycles. The summed E-state index contributed by atoms with van der Waals surface area (Å²) in [6.07, 6.45) is 9.46. The summed E-state index contributed by atoms with van der Waals surface area (Å²) in [5.74, 6) is 2.05. The molecule has 2 N–H and O–H groups in total. The van der Waals surface area contributed by atoms with Gasteiger partial charge in [-0.05, 0) is 73.8 Å². The lowest BCUT2D eigenvalue weighted by Crippen LogP contribution is -2.51. The topological polar surface area (TPSA) is 76.3 Å². The molecule has 0 unspecified atom stereocenters. The summed E-state index contributed by atoms with van der Waals surface area (Å²) in [6, 6.07) is 3.17. The first-order valence-electron chi connectivity index (χ1n) is 8.95. The number of nitrogens with two attached hydrogens (primary N) is 1. The van der Waals surface area contributed by atoms with E-state index in [0.717, 1.165) is 24.3 Å². The van der Waals surface area contributed by atoms with E-state index in [1.807, 2.05) is 11.9 Å². The fraction of sp³-hybridized carbons (Fsp3) is 0.632. The zero-order chi connectivity index (χ0) is 16.9. The highest BCUT2D eigenvalue weighted by atomic mass is 16.2. The zero-order valence-corrected chi connectivity index (χ0v) is 14.2. The molecule has 4 saturated carbocycles. The number of rotatable bonds is 4. The zero-order valence-electron chi connectivity index (χ0n) is 14.2. The lowest BCUT2D eigenvalue weighted by atomic mass is 9.49. The first kappa shape index (κ1) is 15.6. The van der Waals surface area contributed by atoms with Crippen LogP contribution >= 0.6 is 0 Å². The van der Waals surface area contributed by atoms with Crippen LogP contribution in [0.1, 0.15) is 59.4 Å². The summed E-state index contributed by atoms with van der Waals surface area (Å²) in [5.41, 5.74) is 6.26. The van der Waals surface area contributed by atoms with Crippen LogP contribution in [0.2, 0.25) is 0 Å². The van der Waals surface area contributed by atoms with Crippen LogP contribution in [0.5, 0.6) is 0 Å². The number of nitrogens with zero attached hydrogens (tertiary/aromatic N) is 2. The first-order chi connectivity index (χ1) is 11.4. The average Bonchev–Trinajstić information content (AvgIpc) is 2.52. The molecule has 0 spiro atoms. The van der Waals surface area contributed by atoms with E-state index in [4.69, 9.17) is 5.73 Å². The van der Waals surface area contributed by atoms with E-state index in [9.17, 15) is 9.59 Å². The van der Waals surface area contributed by atoms with Gasteiger partial charge < -0.3 is 10.6 Å². The molecule has 4 aliphatic carbocycles. The molecule has 4 bridgehead atoms. The minimum absolute atomic E-state index is 0.0678. The number of carbonyl (C=O) groups is 2. The number of carbonyl (C=O) groups excluding carboxylic acids is 2. The molecule has 0 atom stereocenters. The second-order valence-corrected chi connectivity index (χ2v) is 8.38. The van der Waals surface area contributed by atoms with Crippen molar-refractivity contribution in [1.82, 2.24) is 9.88 Å². The van der Waals surface area contributed by atoms with Crippen molar-refractivity contribution >= 4 is 11.8 Å². The van der Waals surface area contributed by atoms with Crippen molar-refractivity contribution < 1.29 is 9.59 Å². The number of hydrogen-bond donors (Lipinski definition) is 1. The van der Waals surface area contributed by atoms with Crippen LogP contribution in [0.4, 0.5) is 0 Å². The van der Waals surface area contributed by atoms with Crippen molar-refractivity contribution in [2.24, 2.45) is 28.9 Å². The maximum Gasteiger partial charge on any atom is 0.272 e. The minimum Gasteiger partial charge on any atom is -0.366 e. The highest BCUT2D eigenvalue weighted by Gasteiger charge is 2.51. The Hall–Kier alpha value is -1.91. The predicted octanol–water partition coefficient (Wildman–Crippen LogP) is 2.47. The van der Waals surface area contributed by atoms with Crippen molar-refractivity contribution in [3.8, 4) is 0 Å². The molecule has 0 radical (unpaired) electrons. The normalized spacial score (nSPS) is 33.5. The highest BCUT2D eigenvalue weighted by molar-refractivity contribution is 5.95. The Morgan fingerprint density at radius 3 is 2.21 bits per heavy atom. The quantitative estimate of drug-likeness (QED) is 0.923. The van der Waals surface area contributed by atoms with Crippen molar-refractivity contribution in [2.45, 2.75) is 38.5 Å². The van der Waals surface area contributed by atoms with E-state index in [2.05, 4.69) is 4.98 Å². The molecular weight excluding hydrogens is 302 g/mol. The molecule has 5 heteroatoms. The molecule has 24 heavy (non-hydrogen) atoms. The van der Waals surface area contributed by atoms with E-state index in [1.54, 1.807) is 12.1 Å². The Morgan fingerprint density at radius 1 is 1.17 bits per heavy atom. The van der Waals surface area contributed by atoms with Gasteiger partial charge in [0.25, 0.3) is 5.91 Å². The van der Waals surface area contributed by atoms with Gasteiger partial charge in [-0.15, -0.1) is 0 Å². The van der Waals surface area contributed by atoms with Crippen molar-refractivity contribution in [2.75, 3.05) is 13.6 Å². The Labute approximate surface area is 142 Å². The van der Waals surface area contributed by atoms with Crippen LogP contribution in [0.25, 0.3) is 0 Å². The van der Waals surface area contributed by atoms with Gasteiger partial charge in [-0.3, -0.25) is 14.6 Å². The number of aromatic nitrogens is 1. The maximum atomic E-state index is 12.7. The van der Waals surface area contributed by atoms with Gasteiger partial charge in [-0.2, -0.15) is 0 Å². The van der Waals surface area contributed by atoms with Crippen LogP contribution in [-0.2, 0) is 0 Å². The molecule has 1 heterocycles. The molecule has 0 aromatic carbocycles. The van der Waals surface area contributed by atoms with Gasteiger partial charge in [-0.1, -0.05) is 0 Å². The molecule has 4 aliphatic rings. The number of pyridine rings is 1. The fourth-order valence-corrected chi connectivity index (χ4v) is 5.92. The largest absolute Gasteiger partial charge is 0.366 e. The van der Waals surface area contributed by atoms with Gasteiger partial charge in [0.05, 0.1) is 5.56 Å². The predicted molar refractivity (Wildman–Crippen MR) is 90.3 cm³/mol. The molecule has 5 nitrogen and oxygen atoms in total. The molecule has 1 aromatic rings. The number of hydrogen-bond acceptors (Lipinski definition) is 3. The van der Waals surface area contributed by atoms with Crippen molar-refractivity contribution in [1.29, 1.82) is 0 Å². The molecule has 5 rings (SSSR count). The van der Waals surface area contributed by atoms with Crippen LogP contribution in [-0.4, -0.2) is 35.3 Å². The Bertz CT molecular complexity index is 632. The monoisotopic (exact) mass is 327 g/mol. The first-order valence-corrected chi connectivity index (χ1v) is 8.95. The Balaban J connectivity index is 1.46. The van der Waals surface area contributed by atoms with E-state index < -0.39 is 5.91 Å². The second-order valence-electron chi connectivity index (χ2n) is 8.38. The fourth-order valence-electron chi connectivity index (χ4n) is 5.92. The van der Waals surface area contributed by atoms with Crippen molar-refractivity contribution in [3.05, 3.63) is 29.6 Å². The van der Waals surface area contributed by atoms with E-state index in [0.29, 0.717) is 16.7 Å². The summed E-state index contributed by atoms with van der Waals surface area (Å²) in [7, 11) is 1.88. The molecule has 128 valence electrons. The Morgan fingerprint density at radius 2 is 1.75 bits per heavy atom. The summed E-state index contributed by atoms with van der Waals surface area (Å²) < 4.78 is 0.